The number of hydrogen-bond acceptors (Lipinski definition) is 4. The number of benzene rings is 1. The molecule has 1 aromatic heterocycles. The lowest BCUT2D eigenvalue weighted by Crippen LogP contribution is -2.44. The van der Waals surface area contributed by atoms with Gasteiger partial charge in [0.25, 0.3) is 5.89 Å². The Morgan fingerprint density at radius 2 is 1.83 bits per heavy atom. The summed E-state index contributed by atoms with van der Waals surface area (Å²) in [5, 5.41) is 4.03. The molecule has 3 rings (SSSR count). The van der Waals surface area contributed by atoms with Crippen LogP contribution in [0.1, 0.15) is 36.2 Å². The Kier molecular flexibility index (Phi) is 2.48. The number of aryl methyl sites for hydroxylation is 2. The summed E-state index contributed by atoms with van der Waals surface area (Å²) in [4.78, 5) is 4.45. The third kappa shape index (κ3) is 1.82. The molecule has 0 saturated heterocycles. The van der Waals surface area contributed by atoms with E-state index in [-0.39, 0.29) is 5.54 Å². The summed E-state index contributed by atoms with van der Waals surface area (Å²) >= 11 is 0. The van der Waals surface area contributed by atoms with Gasteiger partial charge in [0.2, 0.25) is 0 Å². The zero-order valence-electron chi connectivity index (χ0n) is 10.7. The van der Waals surface area contributed by atoms with Crippen molar-refractivity contribution >= 4 is 0 Å². The van der Waals surface area contributed by atoms with Crippen LogP contribution in [0.5, 0.6) is 0 Å². The monoisotopic (exact) mass is 243 g/mol. The van der Waals surface area contributed by atoms with E-state index in [9.17, 15) is 0 Å². The molecule has 0 atom stereocenters. The fraction of sp³-hybridized carbons (Fsp3) is 0.429. The largest absolute Gasteiger partial charge is 0.334 e. The predicted molar refractivity (Wildman–Crippen MR) is 68.9 cm³/mol. The molecule has 4 nitrogen and oxygen atoms in total. The van der Waals surface area contributed by atoms with E-state index >= 15 is 0 Å². The van der Waals surface area contributed by atoms with Crippen LogP contribution in [0.3, 0.4) is 0 Å². The van der Waals surface area contributed by atoms with Crippen molar-refractivity contribution in [3.8, 4) is 11.5 Å². The minimum Gasteiger partial charge on any atom is -0.334 e. The van der Waals surface area contributed by atoms with Gasteiger partial charge in [0, 0.05) is 5.56 Å². The summed E-state index contributed by atoms with van der Waals surface area (Å²) in [6.45, 7) is 4.12. The fourth-order valence-electron chi connectivity index (χ4n) is 2.42. The van der Waals surface area contributed by atoms with E-state index in [0.717, 1.165) is 24.8 Å². The topological polar surface area (TPSA) is 64.9 Å². The molecule has 1 heterocycles. The molecular formula is C14H17N3O. The molecule has 0 amide bonds. The number of rotatable bonds is 2. The fourth-order valence-corrected chi connectivity index (χ4v) is 2.42. The summed E-state index contributed by atoms with van der Waals surface area (Å²) in [5.74, 6) is 1.21. The van der Waals surface area contributed by atoms with Crippen LogP contribution in [0.15, 0.2) is 22.7 Å². The van der Waals surface area contributed by atoms with Gasteiger partial charge < -0.3 is 10.3 Å². The summed E-state index contributed by atoms with van der Waals surface area (Å²) in [5.41, 5.74) is 9.18. The zero-order chi connectivity index (χ0) is 12.8. The van der Waals surface area contributed by atoms with Gasteiger partial charge in [0.15, 0.2) is 5.82 Å². The Labute approximate surface area is 106 Å². The second-order valence-corrected chi connectivity index (χ2v) is 5.31. The number of nitrogens with zero attached hydrogens (tertiary/aromatic N) is 2. The van der Waals surface area contributed by atoms with Crippen molar-refractivity contribution in [2.75, 3.05) is 0 Å². The molecule has 0 radical (unpaired) electrons. The third-order valence-corrected chi connectivity index (χ3v) is 3.59. The molecule has 1 fully saturated rings. The Bertz CT molecular complexity index is 564. The molecule has 0 aliphatic heterocycles. The van der Waals surface area contributed by atoms with Crippen molar-refractivity contribution in [3.05, 3.63) is 35.2 Å². The molecule has 1 aliphatic rings. The van der Waals surface area contributed by atoms with Crippen LogP contribution in [-0.2, 0) is 5.54 Å². The average Bonchev–Trinajstić information content (AvgIpc) is 2.74. The number of aromatic nitrogens is 2. The highest BCUT2D eigenvalue weighted by Crippen LogP contribution is 2.37. The average molecular weight is 243 g/mol. The van der Waals surface area contributed by atoms with E-state index in [4.69, 9.17) is 10.3 Å². The maximum Gasteiger partial charge on any atom is 0.258 e. The molecule has 4 heteroatoms. The predicted octanol–water partition coefficient (Wildman–Crippen LogP) is 2.69. The van der Waals surface area contributed by atoms with Crippen molar-refractivity contribution in [3.63, 3.8) is 0 Å². The molecular weight excluding hydrogens is 226 g/mol. The normalized spacial score (nSPS) is 17.5. The van der Waals surface area contributed by atoms with Crippen molar-refractivity contribution in [1.82, 2.24) is 10.1 Å². The Hall–Kier alpha value is -1.68. The summed E-state index contributed by atoms with van der Waals surface area (Å²) in [7, 11) is 0. The van der Waals surface area contributed by atoms with E-state index < -0.39 is 0 Å². The lowest BCUT2D eigenvalue weighted by molar-refractivity contribution is 0.229. The van der Waals surface area contributed by atoms with E-state index in [0.29, 0.717) is 11.7 Å². The summed E-state index contributed by atoms with van der Waals surface area (Å²) < 4.78 is 5.34. The van der Waals surface area contributed by atoms with Gasteiger partial charge in [-0.05, 0) is 45.2 Å². The van der Waals surface area contributed by atoms with E-state index in [2.05, 4.69) is 30.1 Å². The van der Waals surface area contributed by atoms with Crippen LogP contribution in [0.2, 0.25) is 0 Å². The van der Waals surface area contributed by atoms with Crippen molar-refractivity contribution in [2.45, 2.75) is 38.6 Å². The first-order chi connectivity index (χ1) is 8.57. The lowest BCUT2D eigenvalue weighted by Gasteiger charge is -2.34. The molecule has 18 heavy (non-hydrogen) atoms. The molecule has 0 unspecified atom stereocenters. The summed E-state index contributed by atoms with van der Waals surface area (Å²) in [6, 6.07) is 6.22. The van der Waals surface area contributed by atoms with Gasteiger partial charge in [-0.2, -0.15) is 4.98 Å². The minimum atomic E-state index is -0.360. The van der Waals surface area contributed by atoms with Gasteiger partial charge in [-0.3, -0.25) is 0 Å². The van der Waals surface area contributed by atoms with E-state index in [1.165, 1.54) is 11.1 Å². The number of nitrogens with two attached hydrogens (primary N) is 1. The van der Waals surface area contributed by atoms with Gasteiger partial charge >= 0.3 is 0 Å². The zero-order valence-corrected chi connectivity index (χ0v) is 10.7. The van der Waals surface area contributed by atoms with Crippen molar-refractivity contribution < 1.29 is 4.52 Å². The van der Waals surface area contributed by atoms with Gasteiger partial charge in [0.05, 0.1) is 5.54 Å². The van der Waals surface area contributed by atoms with Crippen LogP contribution in [0.4, 0.5) is 0 Å². The summed E-state index contributed by atoms with van der Waals surface area (Å²) in [6.07, 6.45) is 3.03. The SMILES string of the molecule is Cc1cc(C)cc(-c2nc(C3(N)CCC3)no2)c1. The minimum absolute atomic E-state index is 0.360. The van der Waals surface area contributed by atoms with E-state index in [1.54, 1.807) is 0 Å². The van der Waals surface area contributed by atoms with Crippen LogP contribution >= 0.6 is 0 Å². The molecule has 2 aromatic rings. The molecule has 2 N–H and O–H groups in total. The third-order valence-electron chi connectivity index (χ3n) is 3.59. The second-order valence-electron chi connectivity index (χ2n) is 5.31. The lowest BCUT2D eigenvalue weighted by atomic mass is 9.77. The molecule has 0 spiro atoms. The Morgan fingerprint density at radius 1 is 1.17 bits per heavy atom. The molecule has 94 valence electrons. The maximum absolute atomic E-state index is 6.19. The Morgan fingerprint density at radius 3 is 2.39 bits per heavy atom. The van der Waals surface area contributed by atoms with Crippen LogP contribution in [0.25, 0.3) is 11.5 Å². The van der Waals surface area contributed by atoms with Gasteiger partial charge in [-0.15, -0.1) is 0 Å². The smallest absolute Gasteiger partial charge is 0.258 e. The standard InChI is InChI=1S/C14H17N3O/c1-9-6-10(2)8-11(7-9)12-16-13(17-18-12)14(15)4-3-5-14/h6-8H,3-5,15H2,1-2H3. The first-order valence-corrected chi connectivity index (χ1v) is 6.29. The number of hydrogen-bond donors (Lipinski definition) is 1. The van der Waals surface area contributed by atoms with Crippen LogP contribution in [0, 0.1) is 13.8 Å². The molecule has 1 saturated carbocycles. The van der Waals surface area contributed by atoms with E-state index in [1.807, 2.05) is 12.1 Å². The first-order valence-electron chi connectivity index (χ1n) is 6.29. The molecule has 1 aliphatic carbocycles. The van der Waals surface area contributed by atoms with Crippen LogP contribution < -0.4 is 5.73 Å². The second kappa shape index (κ2) is 3.92. The quantitative estimate of drug-likeness (QED) is 0.880. The van der Waals surface area contributed by atoms with Gasteiger partial charge in [0.1, 0.15) is 0 Å². The van der Waals surface area contributed by atoms with Crippen molar-refractivity contribution in [1.29, 1.82) is 0 Å². The van der Waals surface area contributed by atoms with Gasteiger partial charge in [-0.25, -0.2) is 0 Å². The highest BCUT2D eigenvalue weighted by molar-refractivity contribution is 5.55. The van der Waals surface area contributed by atoms with Crippen LogP contribution in [-0.4, -0.2) is 10.1 Å². The molecule has 1 aromatic carbocycles. The highest BCUT2D eigenvalue weighted by atomic mass is 16.5. The molecule has 0 bridgehead atoms. The van der Waals surface area contributed by atoms with Crippen molar-refractivity contribution in [2.24, 2.45) is 5.73 Å². The van der Waals surface area contributed by atoms with Gasteiger partial charge in [-0.1, -0.05) is 22.3 Å². The first kappa shape index (κ1) is 11.4. The maximum atomic E-state index is 6.19. The Balaban J connectivity index is 1.97. The highest BCUT2D eigenvalue weighted by Gasteiger charge is 2.39.